The average Bonchev–Trinajstić information content (AvgIpc) is 2.44. The van der Waals surface area contributed by atoms with E-state index in [4.69, 9.17) is 4.74 Å². The van der Waals surface area contributed by atoms with Crippen molar-refractivity contribution in [3.63, 3.8) is 0 Å². The van der Waals surface area contributed by atoms with E-state index in [0.717, 1.165) is 4.31 Å². The summed E-state index contributed by atoms with van der Waals surface area (Å²) in [5.41, 5.74) is 0.0919. The smallest absolute Gasteiger partial charge is 0.254 e. The molecule has 7 heteroatoms. The fraction of sp³-hybridized carbons (Fsp3) is 0.562. The van der Waals surface area contributed by atoms with Crippen molar-refractivity contribution in [1.29, 1.82) is 0 Å². The highest BCUT2D eigenvalue weighted by atomic mass is 32.2. The molecule has 0 spiro atoms. The van der Waals surface area contributed by atoms with Gasteiger partial charge in [0.2, 0.25) is 10.0 Å². The van der Waals surface area contributed by atoms with Crippen LogP contribution in [0.2, 0.25) is 0 Å². The minimum absolute atomic E-state index is 0.0314. The van der Waals surface area contributed by atoms with Gasteiger partial charge in [0.05, 0.1) is 16.6 Å². The molecule has 0 bridgehead atoms. The van der Waals surface area contributed by atoms with Crippen molar-refractivity contribution < 1.29 is 17.9 Å². The van der Waals surface area contributed by atoms with E-state index >= 15 is 0 Å². The molecule has 1 aliphatic heterocycles. The number of ether oxygens (including phenoxy) is 1. The molecule has 2 rings (SSSR count). The predicted octanol–water partition coefficient (Wildman–Crippen LogP) is 1.58. The second kappa shape index (κ2) is 6.22. The van der Waals surface area contributed by atoms with Crippen molar-refractivity contribution in [2.75, 3.05) is 27.2 Å². The number of carbonyl (C=O) groups excluding carboxylic acids is 1. The first-order valence-corrected chi connectivity index (χ1v) is 8.97. The van der Waals surface area contributed by atoms with E-state index in [0.29, 0.717) is 18.7 Å². The standard InChI is InChI=1S/C16H24N2O4S/c1-12-10-18(11-16(2,3)22-12)15(19)13-6-8-14(9-7-13)23(20,21)17(4)5/h6-9,12H,10-11H2,1-5H3. The number of amides is 1. The van der Waals surface area contributed by atoms with Gasteiger partial charge in [0, 0.05) is 32.7 Å². The Balaban J connectivity index is 2.21. The first kappa shape index (κ1) is 17.9. The zero-order valence-corrected chi connectivity index (χ0v) is 15.1. The largest absolute Gasteiger partial charge is 0.369 e. The van der Waals surface area contributed by atoms with Crippen LogP contribution in [0, 0.1) is 0 Å². The zero-order chi connectivity index (χ0) is 17.4. The molecular formula is C16H24N2O4S. The van der Waals surface area contributed by atoms with Gasteiger partial charge < -0.3 is 9.64 Å². The Morgan fingerprint density at radius 1 is 1.26 bits per heavy atom. The fourth-order valence-corrected chi connectivity index (χ4v) is 3.67. The predicted molar refractivity (Wildman–Crippen MR) is 87.8 cm³/mol. The molecule has 1 fully saturated rings. The van der Waals surface area contributed by atoms with Crippen LogP contribution in [0.25, 0.3) is 0 Å². The third-order valence-electron chi connectivity index (χ3n) is 3.74. The lowest BCUT2D eigenvalue weighted by Crippen LogP contribution is -2.53. The van der Waals surface area contributed by atoms with Crippen molar-refractivity contribution >= 4 is 15.9 Å². The van der Waals surface area contributed by atoms with E-state index in [9.17, 15) is 13.2 Å². The van der Waals surface area contributed by atoms with Crippen LogP contribution in [0.1, 0.15) is 31.1 Å². The summed E-state index contributed by atoms with van der Waals surface area (Å²) in [5.74, 6) is -0.109. The maximum atomic E-state index is 12.6. The molecule has 0 aromatic heterocycles. The molecule has 0 saturated carbocycles. The van der Waals surface area contributed by atoms with Crippen molar-refractivity contribution in [3.05, 3.63) is 29.8 Å². The Kier molecular flexibility index (Phi) is 4.84. The molecular weight excluding hydrogens is 316 g/mol. The minimum Gasteiger partial charge on any atom is -0.369 e. The van der Waals surface area contributed by atoms with Gasteiger partial charge in [0.25, 0.3) is 5.91 Å². The van der Waals surface area contributed by atoms with E-state index < -0.39 is 10.0 Å². The van der Waals surface area contributed by atoms with Crippen LogP contribution in [0.5, 0.6) is 0 Å². The van der Waals surface area contributed by atoms with E-state index in [-0.39, 0.29) is 22.5 Å². The third-order valence-corrected chi connectivity index (χ3v) is 5.57. The molecule has 1 aromatic carbocycles. The number of rotatable bonds is 3. The van der Waals surface area contributed by atoms with Gasteiger partial charge in [-0.1, -0.05) is 0 Å². The lowest BCUT2D eigenvalue weighted by molar-refractivity contribution is -0.118. The van der Waals surface area contributed by atoms with Gasteiger partial charge >= 0.3 is 0 Å². The van der Waals surface area contributed by atoms with Gasteiger partial charge in [0.1, 0.15) is 0 Å². The molecule has 1 amide bonds. The highest BCUT2D eigenvalue weighted by Gasteiger charge is 2.34. The summed E-state index contributed by atoms with van der Waals surface area (Å²) < 4.78 is 31.1. The number of hydrogen-bond donors (Lipinski definition) is 0. The van der Waals surface area contributed by atoms with Crippen LogP contribution in [0.3, 0.4) is 0 Å². The van der Waals surface area contributed by atoms with E-state index in [1.165, 1.54) is 26.2 Å². The lowest BCUT2D eigenvalue weighted by Gasteiger charge is -2.41. The van der Waals surface area contributed by atoms with Crippen LogP contribution >= 0.6 is 0 Å². The van der Waals surface area contributed by atoms with E-state index in [2.05, 4.69) is 0 Å². The highest BCUT2D eigenvalue weighted by Crippen LogP contribution is 2.23. The van der Waals surface area contributed by atoms with Crippen LogP contribution in [-0.2, 0) is 14.8 Å². The molecule has 6 nitrogen and oxygen atoms in total. The van der Waals surface area contributed by atoms with Crippen LogP contribution in [0.4, 0.5) is 0 Å². The van der Waals surface area contributed by atoms with Crippen molar-refractivity contribution in [2.45, 2.75) is 37.4 Å². The Morgan fingerprint density at radius 3 is 2.30 bits per heavy atom. The summed E-state index contributed by atoms with van der Waals surface area (Å²) in [5, 5.41) is 0. The van der Waals surface area contributed by atoms with Gasteiger partial charge in [-0.15, -0.1) is 0 Å². The number of nitrogens with zero attached hydrogens (tertiary/aromatic N) is 2. The molecule has 1 atom stereocenters. The summed E-state index contributed by atoms with van der Waals surface area (Å²) in [6.07, 6.45) is -0.0314. The van der Waals surface area contributed by atoms with Crippen LogP contribution in [0.15, 0.2) is 29.2 Å². The molecule has 128 valence electrons. The Morgan fingerprint density at radius 2 is 1.83 bits per heavy atom. The lowest BCUT2D eigenvalue weighted by atomic mass is 10.0. The summed E-state index contributed by atoms with van der Waals surface area (Å²) in [6, 6.07) is 6.06. The summed E-state index contributed by atoms with van der Waals surface area (Å²) in [7, 11) is -0.528. The molecule has 0 aliphatic carbocycles. The molecule has 1 aliphatic rings. The van der Waals surface area contributed by atoms with Gasteiger partial charge in [-0.3, -0.25) is 4.79 Å². The molecule has 1 heterocycles. The Labute approximate surface area is 138 Å². The second-order valence-corrected chi connectivity index (χ2v) is 8.84. The number of hydrogen-bond acceptors (Lipinski definition) is 4. The molecule has 0 N–H and O–H groups in total. The first-order valence-electron chi connectivity index (χ1n) is 7.52. The third kappa shape index (κ3) is 3.91. The molecule has 1 unspecified atom stereocenters. The van der Waals surface area contributed by atoms with Crippen LogP contribution < -0.4 is 0 Å². The number of morpholine rings is 1. The van der Waals surface area contributed by atoms with E-state index in [1.54, 1.807) is 17.0 Å². The monoisotopic (exact) mass is 340 g/mol. The maximum Gasteiger partial charge on any atom is 0.254 e. The Bertz CT molecular complexity index is 681. The van der Waals surface area contributed by atoms with Crippen molar-refractivity contribution in [2.24, 2.45) is 0 Å². The van der Waals surface area contributed by atoms with Crippen molar-refractivity contribution in [3.8, 4) is 0 Å². The number of sulfonamides is 1. The number of carbonyl (C=O) groups is 1. The van der Waals surface area contributed by atoms with Crippen LogP contribution in [-0.4, -0.2) is 62.4 Å². The van der Waals surface area contributed by atoms with E-state index in [1.807, 2.05) is 20.8 Å². The normalized spacial score (nSPS) is 21.5. The highest BCUT2D eigenvalue weighted by molar-refractivity contribution is 7.89. The Hall–Kier alpha value is -1.44. The van der Waals surface area contributed by atoms with Gasteiger partial charge in [-0.2, -0.15) is 0 Å². The fourth-order valence-electron chi connectivity index (χ4n) is 2.77. The summed E-state index contributed by atoms with van der Waals surface area (Å²) in [4.78, 5) is 14.6. The van der Waals surface area contributed by atoms with Gasteiger partial charge in [-0.05, 0) is 45.0 Å². The minimum atomic E-state index is -3.48. The SMILES string of the molecule is CC1CN(C(=O)c2ccc(S(=O)(=O)N(C)C)cc2)CC(C)(C)O1. The van der Waals surface area contributed by atoms with Crippen molar-refractivity contribution in [1.82, 2.24) is 9.21 Å². The second-order valence-electron chi connectivity index (χ2n) is 6.69. The number of benzene rings is 1. The summed E-state index contributed by atoms with van der Waals surface area (Å²) in [6.45, 7) is 6.88. The molecule has 1 saturated heterocycles. The molecule has 23 heavy (non-hydrogen) atoms. The molecule has 1 aromatic rings. The van der Waals surface area contributed by atoms with Gasteiger partial charge in [0.15, 0.2) is 0 Å². The molecule has 0 radical (unpaired) electrons. The van der Waals surface area contributed by atoms with Gasteiger partial charge in [-0.25, -0.2) is 12.7 Å². The topological polar surface area (TPSA) is 66.9 Å². The summed E-state index contributed by atoms with van der Waals surface area (Å²) >= 11 is 0. The first-order chi connectivity index (χ1) is 10.5. The quantitative estimate of drug-likeness (QED) is 0.838. The maximum absolute atomic E-state index is 12.6. The zero-order valence-electron chi connectivity index (χ0n) is 14.2. The average molecular weight is 340 g/mol.